The van der Waals surface area contributed by atoms with Crippen molar-refractivity contribution in [3.63, 3.8) is 0 Å². The molecule has 2 aromatic carbocycles. The number of hydrazone groups is 1. The van der Waals surface area contributed by atoms with E-state index in [4.69, 9.17) is 0 Å². The van der Waals surface area contributed by atoms with Gasteiger partial charge in [0.05, 0.1) is 18.2 Å². The topological polar surface area (TPSA) is 83.8 Å². The summed E-state index contributed by atoms with van der Waals surface area (Å²) in [6.45, 7) is 5.68. The van der Waals surface area contributed by atoms with E-state index in [1.54, 1.807) is 30.5 Å². The van der Waals surface area contributed by atoms with Gasteiger partial charge in [0, 0.05) is 26.2 Å². The molecule has 0 aliphatic rings. The molecule has 0 fully saturated rings. The van der Waals surface area contributed by atoms with Gasteiger partial charge in [0.25, 0.3) is 5.91 Å². The van der Waals surface area contributed by atoms with Gasteiger partial charge in [0.15, 0.2) is 0 Å². The molecule has 1 aromatic heterocycles. The quantitative estimate of drug-likeness (QED) is 0.268. The van der Waals surface area contributed by atoms with Crippen LogP contribution in [0.3, 0.4) is 0 Å². The lowest BCUT2D eigenvalue weighted by atomic mass is 10.2. The van der Waals surface area contributed by atoms with E-state index >= 15 is 0 Å². The summed E-state index contributed by atoms with van der Waals surface area (Å²) in [7, 11) is -3.63. The Kier molecular flexibility index (Phi) is 7.40. The van der Waals surface area contributed by atoms with Crippen LogP contribution < -0.4 is 9.73 Å². The molecule has 1 amide bonds. The Bertz CT molecular complexity index is 1250. The summed E-state index contributed by atoms with van der Waals surface area (Å²) in [5, 5.41) is 4.05. The molecule has 0 radical (unpaired) electrons. The van der Waals surface area contributed by atoms with Crippen LogP contribution >= 0.6 is 22.6 Å². The fraction of sp³-hybridized carbons (Fsp3) is 0.217. The summed E-state index contributed by atoms with van der Waals surface area (Å²) < 4.78 is 28.5. The molecule has 1 heterocycles. The summed E-state index contributed by atoms with van der Waals surface area (Å²) >= 11 is 2.13. The zero-order chi connectivity index (χ0) is 23.5. The van der Waals surface area contributed by atoms with Crippen LogP contribution in [0.2, 0.25) is 0 Å². The van der Waals surface area contributed by atoms with Gasteiger partial charge >= 0.3 is 0 Å². The second-order valence-corrected chi connectivity index (χ2v) is 10.7. The van der Waals surface area contributed by atoms with E-state index in [2.05, 4.69) is 62.0 Å². The van der Waals surface area contributed by atoms with Crippen molar-refractivity contribution in [2.75, 3.05) is 17.1 Å². The molecular weight excluding hydrogens is 539 g/mol. The van der Waals surface area contributed by atoms with Crippen LogP contribution in [-0.4, -0.2) is 37.9 Å². The number of hydrogen-bond donors (Lipinski definition) is 1. The minimum Gasteiger partial charge on any atom is -0.318 e. The molecule has 32 heavy (non-hydrogen) atoms. The monoisotopic (exact) mass is 564 g/mol. The van der Waals surface area contributed by atoms with Crippen molar-refractivity contribution in [2.24, 2.45) is 5.10 Å². The van der Waals surface area contributed by atoms with Gasteiger partial charge in [-0.1, -0.05) is 17.7 Å². The lowest BCUT2D eigenvalue weighted by Gasteiger charge is -2.21. The molecule has 168 valence electrons. The number of benzene rings is 2. The highest BCUT2D eigenvalue weighted by Crippen LogP contribution is 2.21. The van der Waals surface area contributed by atoms with E-state index in [1.807, 2.05) is 26.8 Å². The van der Waals surface area contributed by atoms with Crippen LogP contribution in [-0.2, 0) is 14.8 Å². The summed E-state index contributed by atoms with van der Waals surface area (Å²) in [5.41, 5.74) is 7.99. The van der Waals surface area contributed by atoms with Crippen LogP contribution in [0.5, 0.6) is 0 Å². The van der Waals surface area contributed by atoms with Gasteiger partial charge < -0.3 is 4.57 Å². The molecule has 3 aromatic rings. The van der Waals surface area contributed by atoms with Crippen molar-refractivity contribution in [2.45, 2.75) is 20.8 Å². The van der Waals surface area contributed by atoms with Gasteiger partial charge in [-0.05, 0) is 85.8 Å². The van der Waals surface area contributed by atoms with Crippen LogP contribution in [0.15, 0.2) is 59.7 Å². The highest BCUT2D eigenvalue weighted by Gasteiger charge is 2.20. The van der Waals surface area contributed by atoms with Gasteiger partial charge in [0.2, 0.25) is 10.0 Å². The number of nitrogens with one attached hydrogen (secondary N) is 1. The van der Waals surface area contributed by atoms with Crippen molar-refractivity contribution in [1.82, 2.24) is 9.99 Å². The molecule has 0 saturated heterocycles. The average molecular weight is 564 g/mol. The van der Waals surface area contributed by atoms with Crippen LogP contribution in [0.1, 0.15) is 22.5 Å². The number of rotatable bonds is 7. The molecule has 0 atom stereocenters. The minimum absolute atomic E-state index is 0.362. The summed E-state index contributed by atoms with van der Waals surface area (Å²) in [6, 6.07) is 17.1. The van der Waals surface area contributed by atoms with E-state index in [0.29, 0.717) is 5.69 Å². The molecular formula is C23H25IN4O3S. The van der Waals surface area contributed by atoms with Gasteiger partial charge in [-0.2, -0.15) is 5.10 Å². The maximum absolute atomic E-state index is 12.4. The predicted molar refractivity (Wildman–Crippen MR) is 137 cm³/mol. The van der Waals surface area contributed by atoms with Crippen molar-refractivity contribution in [3.05, 3.63) is 80.7 Å². The summed E-state index contributed by atoms with van der Waals surface area (Å²) in [5.74, 6) is -0.530. The van der Waals surface area contributed by atoms with Crippen molar-refractivity contribution < 1.29 is 13.2 Å². The Morgan fingerprint density at radius 1 is 1.09 bits per heavy atom. The van der Waals surface area contributed by atoms with E-state index in [1.165, 1.54) is 5.56 Å². The third kappa shape index (κ3) is 5.77. The molecule has 0 saturated carbocycles. The first kappa shape index (κ1) is 24.0. The second-order valence-electron chi connectivity index (χ2n) is 7.54. The smallest absolute Gasteiger partial charge is 0.260 e. The SMILES string of the molecule is Cc1ccc(-n2c(C)cc(/C=N\NC(=O)CN(c3ccc(I)cc3)S(C)(=O)=O)c2C)cc1. The first-order valence-corrected chi connectivity index (χ1v) is 12.8. The molecule has 0 aliphatic heterocycles. The largest absolute Gasteiger partial charge is 0.318 e. The van der Waals surface area contributed by atoms with E-state index in [0.717, 1.165) is 36.8 Å². The highest BCUT2D eigenvalue weighted by molar-refractivity contribution is 14.1. The Hall–Kier alpha value is -2.66. The van der Waals surface area contributed by atoms with Gasteiger partial charge in [-0.15, -0.1) is 0 Å². The normalized spacial score (nSPS) is 11.7. The van der Waals surface area contributed by atoms with Gasteiger partial charge in [-0.3, -0.25) is 9.10 Å². The first-order chi connectivity index (χ1) is 15.1. The molecule has 1 N–H and O–H groups in total. The zero-order valence-electron chi connectivity index (χ0n) is 18.3. The molecule has 0 unspecified atom stereocenters. The van der Waals surface area contributed by atoms with E-state index in [9.17, 15) is 13.2 Å². The summed E-state index contributed by atoms with van der Waals surface area (Å²) in [4.78, 5) is 12.4. The van der Waals surface area contributed by atoms with E-state index in [-0.39, 0.29) is 6.54 Å². The average Bonchev–Trinajstić information content (AvgIpc) is 3.00. The number of anilines is 1. The fourth-order valence-electron chi connectivity index (χ4n) is 3.36. The molecule has 7 nitrogen and oxygen atoms in total. The number of hydrogen-bond acceptors (Lipinski definition) is 4. The first-order valence-electron chi connectivity index (χ1n) is 9.87. The number of aryl methyl sites for hydroxylation is 2. The highest BCUT2D eigenvalue weighted by atomic mass is 127. The Morgan fingerprint density at radius 3 is 2.31 bits per heavy atom. The lowest BCUT2D eigenvalue weighted by molar-refractivity contribution is -0.119. The Balaban J connectivity index is 1.73. The molecule has 0 spiro atoms. The van der Waals surface area contributed by atoms with Crippen molar-refractivity contribution in [1.29, 1.82) is 0 Å². The number of amides is 1. The van der Waals surface area contributed by atoms with Crippen LogP contribution in [0.25, 0.3) is 5.69 Å². The third-order valence-electron chi connectivity index (χ3n) is 4.96. The van der Waals surface area contributed by atoms with Gasteiger partial charge in [-0.25, -0.2) is 13.8 Å². The molecule has 0 bridgehead atoms. The molecule has 0 aliphatic carbocycles. The van der Waals surface area contributed by atoms with Crippen molar-refractivity contribution in [3.8, 4) is 5.69 Å². The maximum Gasteiger partial charge on any atom is 0.260 e. The number of nitrogens with zero attached hydrogens (tertiary/aromatic N) is 3. The van der Waals surface area contributed by atoms with Crippen molar-refractivity contribution >= 4 is 50.4 Å². The number of carbonyl (C=O) groups excluding carboxylic acids is 1. The fourth-order valence-corrected chi connectivity index (χ4v) is 4.57. The van der Waals surface area contributed by atoms with Crippen LogP contribution in [0, 0.1) is 24.3 Å². The lowest BCUT2D eigenvalue weighted by Crippen LogP contribution is -2.39. The zero-order valence-corrected chi connectivity index (χ0v) is 21.3. The predicted octanol–water partition coefficient (Wildman–Crippen LogP) is 3.92. The number of halogens is 1. The summed E-state index contributed by atoms with van der Waals surface area (Å²) in [6.07, 6.45) is 2.64. The second kappa shape index (κ2) is 9.86. The van der Waals surface area contributed by atoms with E-state index < -0.39 is 15.9 Å². The maximum atomic E-state index is 12.4. The van der Waals surface area contributed by atoms with Gasteiger partial charge in [0.1, 0.15) is 6.54 Å². The van der Waals surface area contributed by atoms with Crippen LogP contribution in [0.4, 0.5) is 5.69 Å². The Labute approximate surface area is 202 Å². The number of aromatic nitrogens is 1. The standard InChI is InChI=1S/C23H25IN4O3S/c1-16-5-9-22(10-6-16)28-17(2)13-19(18(28)3)14-25-26-23(29)15-27(32(4,30)31)21-11-7-20(24)8-12-21/h5-14H,15H2,1-4H3,(H,26,29)/b25-14-. The molecule has 3 rings (SSSR count). The molecule has 9 heteroatoms. The Morgan fingerprint density at radius 2 is 1.72 bits per heavy atom. The number of carbonyl (C=O) groups is 1. The number of sulfonamides is 1. The minimum atomic E-state index is -3.63. The third-order valence-corrected chi connectivity index (χ3v) is 6.82.